The van der Waals surface area contributed by atoms with Gasteiger partial charge in [-0.3, -0.25) is 14.4 Å². The summed E-state index contributed by atoms with van der Waals surface area (Å²) in [6.45, 7) is 4.69. The zero-order valence-electron chi connectivity index (χ0n) is 22.8. The fourth-order valence-corrected chi connectivity index (χ4v) is 5.10. The van der Waals surface area contributed by atoms with Gasteiger partial charge in [-0.25, -0.2) is 4.79 Å². The van der Waals surface area contributed by atoms with E-state index >= 15 is 0 Å². The van der Waals surface area contributed by atoms with Crippen LogP contribution in [0.2, 0.25) is 0 Å². The molecule has 1 aliphatic rings. The van der Waals surface area contributed by atoms with E-state index in [1.165, 1.54) is 4.90 Å². The summed E-state index contributed by atoms with van der Waals surface area (Å²) >= 11 is 0. The molecule has 8 N–H and O–H groups in total. The first-order valence-electron chi connectivity index (χ1n) is 13.8. The number of amides is 3. The topological polar surface area (TPSA) is 184 Å². The highest BCUT2D eigenvalue weighted by atomic mass is 16.4. The van der Waals surface area contributed by atoms with Gasteiger partial charge in [-0.05, 0) is 56.2 Å². The number of carbonyl (C=O) groups excluding carboxylic acids is 3. The van der Waals surface area contributed by atoms with E-state index in [4.69, 9.17) is 11.5 Å². The van der Waals surface area contributed by atoms with Crippen molar-refractivity contribution in [1.29, 1.82) is 0 Å². The van der Waals surface area contributed by atoms with Gasteiger partial charge in [0.05, 0.1) is 6.04 Å². The first-order chi connectivity index (χ1) is 18.6. The molecule has 214 valence electrons. The third-order valence-corrected chi connectivity index (χ3v) is 7.18. The number of fused-ring (bicyclic) bond motifs is 1. The van der Waals surface area contributed by atoms with E-state index in [9.17, 15) is 24.3 Å². The maximum Gasteiger partial charge on any atom is 0.326 e. The van der Waals surface area contributed by atoms with Crippen LogP contribution in [-0.2, 0) is 25.6 Å². The molecule has 1 aromatic carbocycles. The van der Waals surface area contributed by atoms with Gasteiger partial charge in [0.1, 0.15) is 18.1 Å². The van der Waals surface area contributed by atoms with Crippen LogP contribution in [0, 0.1) is 5.92 Å². The fraction of sp³-hybridized carbons (Fsp3) is 0.571. The van der Waals surface area contributed by atoms with E-state index < -0.39 is 47.9 Å². The summed E-state index contributed by atoms with van der Waals surface area (Å²) in [5.74, 6) is -2.38. The Bertz CT molecular complexity index is 1150. The van der Waals surface area contributed by atoms with Crippen LogP contribution in [0.5, 0.6) is 0 Å². The first-order valence-corrected chi connectivity index (χ1v) is 13.8. The van der Waals surface area contributed by atoms with Gasteiger partial charge in [0.25, 0.3) is 0 Å². The number of benzene rings is 1. The average Bonchev–Trinajstić information content (AvgIpc) is 3.55. The molecule has 1 aromatic heterocycles. The minimum absolute atomic E-state index is 0.0762. The van der Waals surface area contributed by atoms with Crippen LogP contribution in [0.4, 0.5) is 0 Å². The largest absolute Gasteiger partial charge is 0.480 e. The standard InChI is InChI=1S/C28H42N6O5/c1-17(2)14-22(32-25(35)20(30)9-5-6-12-29)26(36)33-23(27(37)34-13-7-11-24(34)28(38)39)15-18-16-31-21-10-4-3-8-19(18)21/h3-4,8,10,16-17,20,22-24,31H,5-7,9,11-15,29-30H2,1-2H3,(H,32,35)(H,33,36)(H,38,39). The third-order valence-electron chi connectivity index (χ3n) is 7.18. The lowest BCUT2D eigenvalue weighted by molar-refractivity contribution is -0.149. The minimum atomic E-state index is -1.06. The number of para-hydroxylation sites is 1. The van der Waals surface area contributed by atoms with E-state index in [1.807, 2.05) is 38.1 Å². The van der Waals surface area contributed by atoms with Crippen LogP contribution < -0.4 is 22.1 Å². The van der Waals surface area contributed by atoms with E-state index in [0.717, 1.165) is 22.9 Å². The maximum atomic E-state index is 13.7. The van der Waals surface area contributed by atoms with Crippen molar-refractivity contribution < 1.29 is 24.3 Å². The Hall–Kier alpha value is -3.44. The summed E-state index contributed by atoms with van der Waals surface area (Å²) < 4.78 is 0. The fourth-order valence-electron chi connectivity index (χ4n) is 5.10. The number of rotatable bonds is 14. The minimum Gasteiger partial charge on any atom is -0.480 e. The zero-order chi connectivity index (χ0) is 28.5. The molecule has 4 atom stereocenters. The predicted octanol–water partition coefficient (Wildman–Crippen LogP) is 1.26. The molecule has 3 rings (SSSR count). The molecule has 0 saturated carbocycles. The van der Waals surface area contributed by atoms with Crippen LogP contribution in [0.3, 0.4) is 0 Å². The van der Waals surface area contributed by atoms with Crippen LogP contribution in [0.15, 0.2) is 30.5 Å². The van der Waals surface area contributed by atoms with E-state index in [1.54, 1.807) is 6.20 Å². The number of hydrogen-bond acceptors (Lipinski definition) is 6. The van der Waals surface area contributed by atoms with Gasteiger partial charge in [0, 0.05) is 30.1 Å². The molecule has 0 aliphatic carbocycles. The molecule has 1 saturated heterocycles. The number of aromatic nitrogens is 1. The molecule has 11 heteroatoms. The number of hydrogen-bond donors (Lipinski definition) is 6. The molecular formula is C28H42N6O5. The number of carboxylic acid groups (broad SMARTS) is 1. The highest BCUT2D eigenvalue weighted by Gasteiger charge is 2.38. The Morgan fingerprint density at radius 3 is 2.51 bits per heavy atom. The zero-order valence-corrected chi connectivity index (χ0v) is 22.8. The maximum absolute atomic E-state index is 13.7. The third kappa shape index (κ3) is 8.03. The van der Waals surface area contributed by atoms with Crippen LogP contribution in [-0.4, -0.2) is 75.9 Å². The molecule has 2 aromatic rings. The van der Waals surface area contributed by atoms with E-state index in [-0.39, 0.29) is 12.3 Å². The molecule has 11 nitrogen and oxygen atoms in total. The van der Waals surface area contributed by atoms with Gasteiger partial charge >= 0.3 is 5.97 Å². The number of carbonyl (C=O) groups is 4. The second-order valence-electron chi connectivity index (χ2n) is 10.7. The quantitative estimate of drug-likeness (QED) is 0.194. The predicted molar refractivity (Wildman–Crippen MR) is 149 cm³/mol. The van der Waals surface area contributed by atoms with Gasteiger partial charge in [-0.15, -0.1) is 0 Å². The Morgan fingerprint density at radius 2 is 1.82 bits per heavy atom. The number of carboxylic acids is 1. The second-order valence-corrected chi connectivity index (χ2v) is 10.7. The lowest BCUT2D eigenvalue weighted by atomic mass is 9.99. The van der Waals surface area contributed by atoms with Crippen molar-refractivity contribution in [1.82, 2.24) is 20.5 Å². The van der Waals surface area contributed by atoms with Gasteiger partial charge in [-0.1, -0.05) is 38.5 Å². The van der Waals surface area contributed by atoms with Crippen molar-refractivity contribution in [2.24, 2.45) is 17.4 Å². The molecule has 1 fully saturated rings. The van der Waals surface area contributed by atoms with Crippen molar-refractivity contribution in [3.63, 3.8) is 0 Å². The van der Waals surface area contributed by atoms with Gasteiger partial charge in [0.2, 0.25) is 17.7 Å². The highest BCUT2D eigenvalue weighted by Crippen LogP contribution is 2.23. The first kappa shape index (κ1) is 30.1. The molecule has 2 heterocycles. The smallest absolute Gasteiger partial charge is 0.326 e. The van der Waals surface area contributed by atoms with Gasteiger partial charge in [-0.2, -0.15) is 0 Å². The number of aromatic amines is 1. The summed E-state index contributed by atoms with van der Waals surface area (Å²) in [4.78, 5) is 56.4. The molecule has 1 aliphatic heterocycles. The molecule has 39 heavy (non-hydrogen) atoms. The summed E-state index contributed by atoms with van der Waals surface area (Å²) in [6, 6.07) is 4.01. The van der Waals surface area contributed by atoms with Crippen molar-refractivity contribution in [2.75, 3.05) is 13.1 Å². The van der Waals surface area contributed by atoms with Crippen LogP contribution >= 0.6 is 0 Å². The van der Waals surface area contributed by atoms with E-state index in [0.29, 0.717) is 45.2 Å². The van der Waals surface area contributed by atoms with Crippen LogP contribution in [0.25, 0.3) is 10.9 Å². The summed E-state index contributed by atoms with van der Waals surface area (Å²) in [6.07, 6.45) is 5.15. The average molecular weight is 543 g/mol. The van der Waals surface area contributed by atoms with Crippen molar-refractivity contribution in [3.05, 3.63) is 36.0 Å². The van der Waals surface area contributed by atoms with Gasteiger partial charge in [0.15, 0.2) is 0 Å². The van der Waals surface area contributed by atoms with Crippen molar-refractivity contribution >= 4 is 34.6 Å². The summed E-state index contributed by atoms with van der Waals surface area (Å²) in [5.41, 5.74) is 13.3. The Labute approximate surface area is 229 Å². The number of nitrogens with zero attached hydrogens (tertiary/aromatic N) is 1. The molecule has 3 amide bonds. The molecule has 0 radical (unpaired) electrons. The number of unbranched alkanes of at least 4 members (excludes halogenated alkanes) is 1. The Balaban J connectivity index is 1.83. The molecule has 0 bridgehead atoms. The lowest BCUT2D eigenvalue weighted by Gasteiger charge is -2.29. The number of H-pyrrole nitrogens is 1. The summed E-state index contributed by atoms with van der Waals surface area (Å²) in [5, 5.41) is 16.2. The van der Waals surface area contributed by atoms with Crippen molar-refractivity contribution in [2.45, 2.75) is 83.0 Å². The lowest BCUT2D eigenvalue weighted by Crippen LogP contribution is -2.57. The number of aliphatic carboxylic acids is 1. The highest BCUT2D eigenvalue weighted by molar-refractivity contribution is 5.95. The summed E-state index contributed by atoms with van der Waals surface area (Å²) in [7, 11) is 0. The Morgan fingerprint density at radius 1 is 1.10 bits per heavy atom. The number of nitrogens with one attached hydrogen (secondary N) is 3. The van der Waals surface area contributed by atoms with Gasteiger partial charge < -0.3 is 37.1 Å². The monoisotopic (exact) mass is 542 g/mol. The number of nitrogens with two attached hydrogens (primary N) is 2. The Kier molecular flexibility index (Phi) is 10.9. The van der Waals surface area contributed by atoms with Crippen LogP contribution in [0.1, 0.15) is 57.9 Å². The number of likely N-dealkylation sites (tertiary alicyclic amines) is 1. The second kappa shape index (κ2) is 14.1. The van der Waals surface area contributed by atoms with E-state index in [2.05, 4.69) is 15.6 Å². The molecular weight excluding hydrogens is 500 g/mol. The molecule has 4 unspecified atom stereocenters. The SMILES string of the molecule is CC(C)CC(NC(=O)C(N)CCCCN)C(=O)NC(Cc1c[nH]c2ccccc12)C(=O)N1CCCC1C(=O)O. The molecule has 0 spiro atoms. The normalized spacial score (nSPS) is 17.7. The van der Waals surface area contributed by atoms with Crippen molar-refractivity contribution in [3.8, 4) is 0 Å².